The molecule has 0 aliphatic carbocycles. The number of hydrogen-bond donors (Lipinski definition) is 3. The van der Waals surface area contributed by atoms with E-state index >= 15 is 0 Å². The number of hydrogen-bond acceptors (Lipinski definition) is 7. The Balaban J connectivity index is 1.42. The van der Waals surface area contributed by atoms with Crippen LogP contribution in [0.2, 0.25) is 0 Å². The van der Waals surface area contributed by atoms with Crippen molar-refractivity contribution in [2.75, 3.05) is 6.54 Å². The molecule has 160 valence electrons. The van der Waals surface area contributed by atoms with Crippen molar-refractivity contribution in [3.05, 3.63) is 71.4 Å². The van der Waals surface area contributed by atoms with Crippen LogP contribution in [0.25, 0.3) is 22.3 Å². The van der Waals surface area contributed by atoms with Gasteiger partial charge in [-0.25, -0.2) is 5.21 Å². The van der Waals surface area contributed by atoms with Crippen LogP contribution in [0.15, 0.2) is 59.3 Å². The Morgan fingerprint density at radius 2 is 2.06 bits per heavy atom. The van der Waals surface area contributed by atoms with E-state index in [1.807, 2.05) is 19.2 Å². The molecule has 31 heavy (non-hydrogen) atoms. The van der Waals surface area contributed by atoms with Gasteiger partial charge in [-0.15, -0.1) is 0 Å². The lowest BCUT2D eigenvalue weighted by atomic mass is 10.1. The van der Waals surface area contributed by atoms with E-state index in [9.17, 15) is 15.5 Å². The van der Waals surface area contributed by atoms with Gasteiger partial charge in [-0.1, -0.05) is 35.5 Å². The summed E-state index contributed by atoms with van der Waals surface area (Å²) in [4.78, 5) is 6.68. The average molecular weight is 421 g/mol. The van der Waals surface area contributed by atoms with Crippen LogP contribution in [0.1, 0.15) is 23.9 Å². The molecule has 0 saturated carbocycles. The van der Waals surface area contributed by atoms with Crippen LogP contribution in [-0.2, 0) is 13.6 Å². The van der Waals surface area contributed by atoms with Crippen LogP contribution in [0.5, 0.6) is 0 Å². The zero-order valence-corrected chi connectivity index (χ0v) is 17.0. The lowest BCUT2D eigenvalue weighted by Gasteiger charge is -2.20. The van der Waals surface area contributed by atoms with Gasteiger partial charge in [0.05, 0.1) is 12.1 Å². The Morgan fingerprint density at radius 3 is 2.90 bits per heavy atom. The number of aryl methyl sites for hydroxylation is 1. The summed E-state index contributed by atoms with van der Waals surface area (Å²) in [5.41, 5.74) is 3.07. The molecule has 3 N–H and O–H groups in total. The molecule has 0 bridgehead atoms. The number of rotatable bonds is 5. The average Bonchev–Trinajstić information content (AvgIpc) is 3.47. The molecule has 5 rings (SSSR count). The second-order valence-electron chi connectivity index (χ2n) is 7.96. The summed E-state index contributed by atoms with van der Waals surface area (Å²) < 4.78 is 7.65. The number of β-amino-alcohol motifs (C(OH)–C–C–N with tert-alkyl or cyclic N) is 1. The summed E-state index contributed by atoms with van der Waals surface area (Å²) in [7, 11) is 2.03. The number of aliphatic hydroxyl groups is 1. The lowest BCUT2D eigenvalue weighted by Crippen LogP contribution is -2.99. The van der Waals surface area contributed by atoms with Crippen LogP contribution >= 0.6 is 0 Å². The largest absolute Gasteiger partial charge is 0.595 e. The van der Waals surface area contributed by atoms with Crippen molar-refractivity contribution in [2.45, 2.75) is 25.1 Å². The number of likely N-dealkylation sites (tertiary alicyclic amines) is 1. The van der Waals surface area contributed by atoms with E-state index in [1.54, 1.807) is 12.1 Å². The van der Waals surface area contributed by atoms with Crippen molar-refractivity contribution in [3.63, 3.8) is 0 Å². The molecule has 3 heterocycles. The molecule has 9 heteroatoms. The normalized spacial score (nSPS) is 20.5. The third-order valence-corrected chi connectivity index (χ3v) is 5.83. The molecular formula is C22H23N5O4. The number of benzene rings is 2. The maximum atomic E-state index is 11.2. The van der Waals surface area contributed by atoms with Gasteiger partial charge in [-0.2, -0.15) is 10.2 Å². The van der Waals surface area contributed by atoms with E-state index < -0.39 is 11.3 Å². The van der Waals surface area contributed by atoms with Gasteiger partial charge in [-0.3, -0.25) is 4.90 Å². The number of aliphatic hydroxyl groups excluding tert-OH is 1. The first-order valence-electron chi connectivity index (χ1n) is 10.1. The summed E-state index contributed by atoms with van der Waals surface area (Å²) in [6.07, 6.45) is 2.13. The molecule has 2 aromatic carbocycles. The van der Waals surface area contributed by atoms with E-state index in [1.165, 1.54) is 23.1 Å². The topological polar surface area (TPSA) is 115 Å². The third kappa shape index (κ3) is 3.73. The molecule has 9 nitrogen and oxygen atoms in total. The predicted molar refractivity (Wildman–Crippen MR) is 112 cm³/mol. The van der Waals surface area contributed by atoms with Crippen molar-refractivity contribution in [2.24, 2.45) is 7.05 Å². The van der Waals surface area contributed by atoms with E-state index in [-0.39, 0.29) is 11.7 Å². The molecule has 0 spiro atoms. The molecule has 4 aromatic rings. The maximum absolute atomic E-state index is 11.2. The number of quaternary nitrogens is 1. The Hall–Kier alpha value is -3.08. The number of nitrogens with zero attached hydrogens (tertiary/aromatic N) is 4. The number of para-hydroxylation sites is 1. The fraction of sp³-hybridized carbons (Fsp3) is 0.273. The molecule has 1 saturated heterocycles. The number of aromatic nitrogens is 3. The Kier molecular flexibility index (Phi) is 5.05. The highest BCUT2D eigenvalue weighted by atomic mass is 16.8. The second-order valence-corrected chi connectivity index (χ2v) is 7.96. The molecule has 1 fully saturated rings. The van der Waals surface area contributed by atoms with Crippen molar-refractivity contribution >= 4 is 16.6 Å². The summed E-state index contributed by atoms with van der Waals surface area (Å²) in [5.74, 6) is 0.761. The van der Waals surface area contributed by atoms with Crippen molar-refractivity contribution in [1.82, 2.24) is 19.6 Å². The molecule has 1 unspecified atom stereocenters. The van der Waals surface area contributed by atoms with Gasteiger partial charge >= 0.3 is 0 Å². The minimum Gasteiger partial charge on any atom is -0.595 e. The van der Waals surface area contributed by atoms with E-state index in [2.05, 4.69) is 37.9 Å². The van der Waals surface area contributed by atoms with E-state index in [4.69, 9.17) is 4.52 Å². The minimum absolute atomic E-state index is 0.165. The lowest BCUT2D eigenvalue weighted by molar-refractivity contribution is -0.991. The Morgan fingerprint density at radius 1 is 1.23 bits per heavy atom. The molecule has 0 radical (unpaired) electrons. The summed E-state index contributed by atoms with van der Waals surface area (Å²) >= 11 is 0. The number of nitrogens with one attached hydrogen (secondary N) is 1. The Bertz CT molecular complexity index is 1220. The van der Waals surface area contributed by atoms with Gasteiger partial charge in [0.25, 0.3) is 0 Å². The van der Waals surface area contributed by atoms with E-state index in [0.717, 1.165) is 5.52 Å². The Labute approximate surface area is 178 Å². The molecule has 1 aliphatic heterocycles. The SMILES string of the molecule is Cn1cc(CN2C[C@H](O)C[C@H]2c2nc(-c3cccc([NH+]([O-])O)c3)no2)c2ccccc21. The first-order chi connectivity index (χ1) is 15.0. The van der Waals surface area contributed by atoms with Crippen LogP contribution in [-0.4, -0.2) is 42.6 Å². The van der Waals surface area contributed by atoms with Gasteiger partial charge in [0, 0.05) is 54.9 Å². The minimum atomic E-state index is -1.01. The number of fused-ring (bicyclic) bond motifs is 1. The summed E-state index contributed by atoms with van der Waals surface area (Å²) in [5, 5.41) is 35.0. The van der Waals surface area contributed by atoms with Crippen LogP contribution in [0.3, 0.4) is 0 Å². The molecule has 1 aliphatic rings. The maximum Gasteiger partial charge on any atom is 0.244 e. The summed E-state index contributed by atoms with van der Waals surface area (Å²) in [6, 6.07) is 14.5. The highest BCUT2D eigenvalue weighted by molar-refractivity contribution is 5.83. The van der Waals surface area contributed by atoms with Crippen LogP contribution in [0.4, 0.5) is 5.69 Å². The first-order valence-corrected chi connectivity index (χ1v) is 10.1. The molecular weight excluding hydrogens is 398 g/mol. The van der Waals surface area contributed by atoms with Crippen LogP contribution < -0.4 is 5.23 Å². The molecule has 0 amide bonds. The first kappa shape index (κ1) is 19.9. The fourth-order valence-corrected chi connectivity index (χ4v) is 4.36. The van der Waals surface area contributed by atoms with Gasteiger partial charge in [0.1, 0.15) is 0 Å². The fourth-order valence-electron chi connectivity index (χ4n) is 4.36. The zero-order valence-electron chi connectivity index (χ0n) is 17.0. The molecule has 2 aromatic heterocycles. The standard InChI is InChI=1S/C22H23N5O4/c1-25-11-15(18-7-2-3-8-19(18)25)12-26-13-17(28)10-20(26)22-23-21(24-31-22)14-5-4-6-16(9-14)27(29)30/h2-9,11,17,20,27-29H,10,12-13H2,1H3/t17-,20+/m1/s1. The van der Waals surface area contributed by atoms with Gasteiger partial charge in [0.2, 0.25) is 11.7 Å². The smallest absolute Gasteiger partial charge is 0.244 e. The highest BCUT2D eigenvalue weighted by Crippen LogP contribution is 2.35. The van der Waals surface area contributed by atoms with E-state index in [0.29, 0.717) is 36.8 Å². The van der Waals surface area contributed by atoms with Gasteiger partial charge in [0.15, 0.2) is 5.69 Å². The third-order valence-electron chi connectivity index (χ3n) is 5.83. The predicted octanol–water partition coefficient (Wildman–Crippen LogP) is 1.94. The monoisotopic (exact) mass is 421 g/mol. The highest BCUT2D eigenvalue weighted by Gasteiger charge is 2.36. The van der Waals surface area contributed by atoms with Crippen molar-refractivity contribution < 1.29 is 20.1 Å². The quantitative estimate of drug-likeness (QED) is 0.422. The van der Waals surface area contributed by atoms with Gasteiger partial charge in [-0.05, 0) is 18.1 Å². The zero-order chi connectivity index (χ0) is 21.5. The molecule has 3 atom stereocenters. The van der Waals surface area contributed by atoms with Gasteiger partial charge < -0.3 is 19.4 Å². The van der Waals surface area contributed by atoms with Crippen LogP contribution in [0, 0.1) is 5.21 Å². The van der Waals surface area contributed by atoms with Crippen molar-refractivity contribution in [1.29, 1.82) is 0 Å². The second kappa shape index (κ2) is 7.88. The van der Waals surface area contributed by atoms with Crippen molar-refractivity contribution in [3.8, 4) is 11.4 Å². The summed E-state index contributed by atoms with van der Waals surface area (Å²) in [6.45, 7) is 1.16.